The fraction of sp³-hybridized carbons (Fsp3) is 0.500. The maximum atomic E-state index is 12.7. The van der Waals surface area contributed by atoms with Crippen LogP contribution in [-0.4, -0.2) is 11.9 Å². The first-order valence-electron chi connectivity index (χ1n) is 6.55. The first-order valence-corrected chi connectivity index (χ1v) is 6.55. The molecule has 20 heavy (non-hydrogen) atoms. The van der Waals surface area contributed by atoms with Gasteiger partial charge in [0.15, 0.2) is 0 Å². The molecule has 110 valence electrons. The van der Waals surface area contributed by atoms with Crippen molar-refractivity contribution in [3.05, 3.63) is 29.3 Å². The third kappa shape index (κ3) is 3.65. The molecule has 0 spiro atoms. The zero-order valence-corrected chi connectivity index (χ0v) is 11.1. The molecule has 2 rings (SSSR count). The molecule has 1 aliphatic rings. The van der Waals surface area contributed by atoms with Crippen molar-refractivity contribution in [3.63, 3.8) is 0 Å². The number of hydrogen-bond acceptors (Lipinski definition) is 2. The van der Waals surface area contributed by atoms with E-state index in [-0.39, 0.29) is 17.3 Å². The van der Waals surface area contributed by atoms with Gasteiger partial charge in [-0.05, 0) is 37.5 Å². The van der Waals surface area contributed by atoms with Gasteiger partial charge in [0.1, 0.15) is 0 Å². The summed E-state index contributed by atoms with van der Waals surface area (Å²) in [6.07, 6.45) is -1.35. The Balaban J connectivity index is 2.09. The van der Waals surface area contributed by atoms with Crippen LogP contribution in [0.5, 0.6) is 0 Å². The molecular weight excluding hydrogens is 269 g/mol. The molecular formula is C14H17F3N2O. The van der Waals surface area contributed by atoms with Crippen LogP contribution in [0.4, 0.5) is 18.9 Å². The van der Waals surface area contributed by atoms with Crippen LogP contribution in [0.1, 0.15) is 42.1 Å². The number of nitrogen functional groups attached to an aromatic ring is 1. The SMILES string of the molecule is CC(CC1CC1)NC(=O)c1ccc(N)c(C(F)(F)F)c1. The van der Waals surface area contributed by atoms with E-state index in [2.05, 4.69) is 5.32 Å². The Kier molecular flexibility index (Phi) is 3.92. The molecule has 0 radical (unpaired) electrons. The molecule has 1 aromatic rings. The monoisotopic (exact) mass is 286 g/mol. The van der Waals surface area contributed by atoms with Gasteiger partial charge in [-0.25, -0.2) is 0 Å². The van der Waals surface area contributed by atoms with Crippen molar-refractivity contribution in [1.29, 1.82) is 0 Å². The van der Waals surface area contributed by atoms with E-state index in [1.54, 1.807) is 0 Å². The number of carbonyl (C=O) groups excluding carboxylic acids is 1. The Hall–Kier alpha value is -1.72. The molecule has 0 aromatic heterocycles. The fourth-order valence-corrected chi connectivity index (χ4v) is 2.16. The number of rotatable bonds is 4. The molecule has 0 saturated heterocycles. The molecule has 0 heterocycles. The highest BCUT2D eigenvalue weighted by molar-refractivity contribution is 5.95. The molecule has 1 aliphatic carbocycles. The lowest BCUT2D eigenvalue weighted by atomic mass is 10.1. The quantitative estimate of drug-likeness (QED) is 0.835. The summed E-state index contributed by atoms with van der Waals surface area (Å²) in [6.45, 7) is 1.86. The second-order valence-electron chi connectivity index (χ2n) is 5.35. The first kappa shape index (κ1) is 14.7. The second-order valence-corrected chi connectivity index (χ2v) is 5.35. The Labute approximate surface area is 115 Å². The Morgan fingerprint density at radius 2 is 2.10 bits per heavy atom. The summed E-state index contributed by atoms with van der Waals surface area (Å²) < 4.78 is 38.2. The molecule has 1 fully saturated rings. The highest BCUT2D eigenvalue weighted by atomic mass is 19.4. The smallest absolute Gasteiger partial charge is 0.398 e. The predicted octanol–water partition coefficient (Wildman–Crippen LogP) is 3.21. The number of anilines is 1. The number of nitrogens with one attached hydrogen (secondary N) is 1. The fourth-order valence-electron chi connectivity index (χ4n) is 2.16. The standard InChI is InChI=1S/C14H17F3N2O/c1-8(6-9-2-3-9)19-13(20)10-4-5-12(18)11(7-10)14(15,16)17/h4-5,7-9H,2-3,6,18H2,1H3,(H,19,20). The first-order chi connectivity index (χ1) is 9.27. The van der Waals surface area contributed by atoms with Crippen LogP contribution >= 0.6 is 0 Å². The van der Waals surface area contributed by atoms with Crippen LogP contribution in [0.15, 0.2) is 18.2 Å². The van der Waals surface area contributed by atoms with Crippen LogP contribution in [0.25, 0.3) is 0 Å². The van der Waals surface area contributed by atoms with Crippen LogP contribution in [0.3, 0.4) is 0 Å². The van der Waals surface area contributed by atoms with E-state index in [1.807, 2.05) is 6.92 Å². The number of benzene rings is 1. The van der Waals surface area contributed by atoms with Gasteiger partial charge in [-0.1, -0.05) is 12.8 Å². The van der Waals surface area contributed by atoms with E-state index >= 15 is 0 Å². The van der Waals surface area contributed by atoms with Gasteiger partial charge in [-0.2, -0.15) is 13.2 Å². The van der Waals surface area contributed by atoms with Gasteiger partial charge in [-0.3, -0.25) is 4.79 Å². The van der Waals surface area contributed by atoms with Gasteiger partial charge in [0.25, 0.3) is 5.91 Å². The number of hydrogen-bond donors (Lipinski definition) is 2. The van der Waals surface area contributed by atoms with Crippen LogP contribution < -0.4 is 11.1 Å². The molecule has 1 unspecified atom stereocenters. The van der Waals surface area contributed by atoms with Gasteiger partial charge in [0, 0.05) is 17.3 Å². The number of halogens is 3. The van der Waals surface area contributed by atoms with Gasteiger partial charge in [-0.15, -0.1) is 0 Å². The zero-order chi connectivity index (χ0) is 14.9. The van der Waals surface area contributed by atoms with Crippen molar-refractivity contribution in [3.8, 4) is 0 Å². The van der Waals surface area contributed by atoms with Gasteiger partial charge in [0.2, 0.25) is 0 Å². The summed E-state index contributed by atoms with van der Waals surface area (Å²) in [4.78, 5) is 11.9. The average molecular weight is 286 g/mol. The maximum Gasteiger partial charge on any atom is 0.418 e. The lowest BCUT2D eigenvalue weighted by molar-refractivity contribution is -0.136. The summed E-state index contributed by atoms with van der Waals surface area (Å²) >= 11 is 0. The summed E-state index contributed by atoms with van der Waals surface area (Å²) in [7, 11) is 0. The molecule has 1 saturated carbocycles. The summed E-state index contributed by atoms with van der Waals surface area (Å²) in [6, 6.07) is 3.18. The van der Waals surface area contributed by atoms with Gasteiger partial charge >= 0.3 is 6.18 Å². The average Bonchev–Trinajstić information content (AvgIpc) is 3.11. The lowest BCUT2D eigenvalue weighted by Crippen LogP contribution is -2.33. The third-order valence-electron chi connectivity index (χ3n) is 3.38. The lowest BCUT2D eigenvalue weighted by Gasteiger charge is -2.15. The topological polar surface area (TPSA) is 55.1 Å². The normalized spacial score (nSPS) is 16.8. The second kappa shape index (κ2) is 5.34. The Morgan fingerprint density at radius 3 is 2.65 bits per heavy atom. The molecule has 1 aromatic carbocycles. The zero-order valence-electron chi connectivity index (χ0n) is 11.1. The van der Waals surface area contributed by atoms with Gasteiger partial charge < -0.3 is 11.1 Å². The number of alkyl halides is 3. The van der Waals surface area contributed by atoms with Crippen LogP contribution in [0.2, 0.25) is 0 Å². The van der Waals surface area contributed by atoms with Gasteiger partial charge in [0.05, 0.1) is 5.56 Å². The van der Waals surface area contributed by atoms with Crippen molar-refractivity contribution in [1.82, 2.24) is 5.32 Å². The van der Waals surface area contributed by atoms with Crippen molar-refractivity contribution in [2.45, 2.75) is 38.4 Å². The molecule has 1 atom stereocenters. The molecule has 1 amide bonds. The molecule has 0 aliphatic heterocycles. The van der Waals surface area contributed by atoms with Crippen LogP contribution in [-0.2, 0) is 6.18 Å². The number of nitrogens with two attached hydrogens (primary N) is 1. The summed E-state index contributed by atoms with van der Waals surface area (Å²) in [5.74, 6) is 0.145. The Morgan fingerprint density at radius 1 is 1.45 bits per heavy atom. The third-order valence-corrected chi connectivity index (χ3v) is 3.38. The Bertz CT molecular complexity index is 510. The minimum atomic E-state index is -4.56. The summed E-state index contributed by atoms with van der Waals surface area (Å²) in [5.41, 5.74) is 3.93. The van der Waals surface area contributed by atoms with E-state index in [1.165, 1.54) is 18.9 Å². The predicted molar refractivity (Wildman–Crippen MR) is 70.1 cm³/mol. The largest absolute Gasteiger partial charge is 0.418 e. The highest BCUT2D eigenvalue weighted by Gasteiger charge is 2.33. The van der Waals surface area contributed by atoms with Crippen molar-refractivity contribution < 1.29 is 18.0 Å². The van der Waals surface area contributed by atoms with E-state index < -0.39 is 17.6 Å². The van der Waals surface area contributed by atoms with E-state index in [4.69, 9.17) is 5.73 Å². The van der Waals surface area contributed by atoms with E-state index in [0.717, 1.165) is 18.6 Å². The maximum absolute atomic E-state index is 12.7. The highest BCUT2D eigenvalue weighted by Crippen LogP contribution is 2.35. The molecule has 0 bridgehead atoms. The van der Waals surface area contributed by atoms with E-state index in [9.17, 15) is 18.0 Å². The number of amides is 1. The summed E-state index contributed by atoms with van der Waals surface area (Å²) in [5, 5.41) is 2.72. The van der Waals surface area contributed by atoms with Crippen molar-refractivity contribution in [2.24, 2.45) is 5.92 Å². The minimum absolute atomic E-state index is 0.0193. The van der Waals surface area contributed by atoms with E-state index in [0.29, 0.717) is 5.92 Å². The van der Waals surface area contributed by atoms with Crippen molar-refractivity contribution >= 4 is 11.6 Å². The minimum Gasteiger partial charge on any atom is -0.398 e. The van der Waals surface area contributed by atoms with Crippen molar-refractivity contribution in [2.75, 3.05) is 5.73 Å². The molecule has 3 N–H and O–H groups in total. The molecule has 6 heteroatoms. The molecule has 3 nitrogen and oxygen atoms in total. The van der Waals surface area contributed by atoms with Crippen LogP contribution in [0, 0.1) is 5.92 Å². The number of carbonyl (C=O) groups is 1.